The molecule has 0 aromatic heterocycles. The summed E-state index contributed by atoms with van der Waals surface area (Å²) in [6.07, 6.45) is 5.68. The monoisotopic (exact) mass is 242 g/mol. The summed E-state index contributed by atoms with van der Waals surface area (Å²) in [6, 6.07) is 0.854. The fraction of sp³-hybridized carbons (Fsp3) is 1.00. The molecule has 2 fully saturated rings. The zero-order valence-electron chi connectivity index (χ0n) is 10.6. The Hall–Kier alpha value is 0.270. The van der Waals surface area contributed by atoms with Gasteiger partial charge in [-0.25, -0.2) is 0 Å². The van der Waals surface area contributed by atoms with Crippen molar-refractivity contribution >= 4 is 11.8 Å². The summed E-state index contributed by atoms with van der Waals surface area (Å²) in [4.78, 5) is 2.66. The van der Waals surface area contributed by atoms with E-state index < -0.39 is 0 Å². The highest BCUT2D eigenvalue weighted by Gasteiger charge is 2.27. The van der Waals surface area contributed by atoms with Crippen LogP contribution in [-0.4, -0.2) is 48.6 Å². The lowest BCUT2D eigenvalue weighted by atomic mass is 9.88. The zero-order chi connectivity index (χ0) is 11.2. The summed E-state index contributed by atoms with van der Waals surface area (Å²) in [6.45, 7) is 7.50. The van der Waals surface area contributed by atoms with Crippen molar-refractivity contribution in [2.45, 2.75) is 38.6 Å². The van der Waals surface area contributed by atoms with Crippen LogP contribution in [0.5, 0.6) is 0 Å². The number of nitrogens with one attached hydrogen (secondary N) is 1. The quantitative estimate of drug-likeness (QED) is 0.744. The third kappa shape index (κ3) is 3.64. The Kier molecular flexibility index (Phi) is 5.46. The first-order valence-electron chi connectivity index (χ1n) is 6.93. The fourth-order valence-electron chi connectivity index (χ4n) is 3.03. The number of likely N-dealkylation sites (tertiary alicyclic amines) is 1. The second-order valence-electron chi connectivity index (χ2n) is 5.08. The van der Waals surface area contributed by atoms with E-state index >= 15 is 0 Å². The number of hydrogen-bond donors (Lipinski definition) is 1. The average molecular weight is 242 g/mol. The topological polar surface area (TPSA) is 15.3 Å². The van der Waals surface area contributed by atoms with Gasteiger partial charge >= 0.3 is 0 Å². The molecule has 0 amide bonds. The van der Waals surface area contributed by atoms with Crippen LogP contribution in [0, 0.1) is 5.92 Å². The molecule has 0 aromatic carbocycles. The molecule has 0 saturated carbocycles. The number of nitrogens with zero attached hydrogens (tertiary/aromatic N) is 1. The standard InChI is InChI=1S/C13H26N2S/c1-2-16-11-10-15-8-5-12(6-9-15)13-4-3-7-14-13/h12-14H,2-11H2,1H3. The van der Waals surface area contributed by atoms with E-state index in [1.807, 2.05) is 0 Å². The van der Waals surface area contributed by atoms with Crippen molar-refractivity contribution in [3.8, 4) is 0 Å². The molecule has 0 aromatic rings. The number of hydrogen-bond acceptors (Lipinski definition) is 3. The Morgan fingerprint density at radius 1 is 1.25 bits per heavy atom. The summed E-state index contributed by atoms with van der Waals surface area (Å²) in [5, 5.41) is 3.67. The highest BCUT2D eigenvalue weighted by Crippen LogP contribution is 2.25. The van der Waals surface area contributed by atoms with Crippen LogP contribution in [0.15, 0.2) is 0 Å². The van der Waals surface area contributed by atoms with Gasteiger partial charge in [-0.1, -0.05) is 6.92 Å². The van der Waals surface area contributed by atoms with Gasteiger partial charge in [0.05, 0.1) is 0 Å². The molecule has 2 rings (SSSR count). The third-order valence-electron chi connectivity index (χ3n) is 4.06. The largest absolute Gasteiger partial charge is 0.314 e. The summed E-state index contributed by atoms with van der Waals surface area (Å²) in [7, 11) is 0. The van der Waals surface area contributed by atoms with E-state index in [4.69, 9.17) is 0 Å². The predicted molar refractivity (Wildman–Crippen MR) is 73.2 cm³/mol. The predicted octanol–water partition coefficient (Wildman–Crippen LogP) is 2.20. The van der Waals surface area contributed by atoms with E-state index in [0.717, 1.165) is 12.0 Å². The maximum absolute atomic E-state index is 3.67. The Balaban J connectivity index is 1.62. The molecule has 2 nitrogen and oxygen atoms in total. The first-order chi connectivity index (χ1) is 7.90. The Labute approximate surface area is 105 Å². The van der Waals surface area contributed by atoms with E-state index in [0.29, 0.717) is 0 Å². The zero-order valence-corrected chi connectivity index (χ0v) is 11.4. The van der Waals surface area contributed by atoms with Crippen molar-refractivity contribution in [3.05, 3.63) is 0 Å². The van der Waals surface area contributed by atoms with Gasteiger partial charge in [0.1, 0.15) is 0 Å². The second-order valence-corrected chi connectivity index (χ2v) is 6.47. The molecule has 0 spiro atoms. The lowest BCUT2D eigenvalue weighted by Crippen LogP contribution is -2.41. The number of rotatable bonds is 5. The Bertz CT molecular complexity index is 184. The molecule has 0 radical (unpaired) electrons. The molecule has 2 saturated heterocycles. The first kappa shape index (κ1) is 12.7. The fourth-order valence-corrected chi connectivity index (χ4v) is 3.71. The van der Waals surface area contributed by atoms with Crippen molar-refractivity contribution < 1.29 is 0 Å². The lowest BCUT2D eigenvalue weighted by Gasteiger charge is -2.34. The highest BCUT2D eigenvalue weighted by atomic mass is 32.2. The molecular weight excluding hydrogens is 216 g/mol. The van der Waals surface area contributed by atoms with Crippen molar-refractivity contribution in [2.75, 3.05) is 37.7 Å². The summed E-state index contributed by atoms with van der Waals surface area (Å²) >= 11 is 2.07. The van der Waals surface area contributed by atoms with Crippen LogP contribution in [0.25, 0.3) is 0 Å². The first-order valence-corrected chi connectivity index (χ1v) is 8.09. The van der Waals surface area contributed by atoms with Gasteiger partial charge in [-0.2, -0.15) is 11.8 Å². The van der Waals surface area contributed by atoms with E-state index in [1.165, 1.54) is 63.4 Å². The smallest absolute Gasteiger partial charge is 0.00967 e. The minimum Gasteiger partial charge on any atom is -0.314 e. The van der Waals surface area contributed by atoms with Gasteiger partial charge in [0.25, 0.3) is 0 Å². The summed E-state index contributed by atoms with van der Waals surface area (Å²) in [5.74, 6) is 3.56. The van der Waals surface area contributed by atoms with E-state index in [2.05, 4.69) is 28.9 Å². The third-order valence-corrected chi connectivity index (χ3v) is 4.94. The maximum Gasteiger partial charge on any atom is 0.00967 e. The van der Waals surface area contributed by atoms with Gasteiger partial charge < -0.3 is 10.2 Å². The summed E-state index contributed by atoms with van der Waals surface area (Å²) in [5.41, 5.74) is 0. The van der Waals surface area contributed by atoms with Crippen LogP contribution >= 0.6 is 11.8 Å². The van der Waals surface area contributed by atoms with Gasteiger partial charge in [0, 0.05) is 18.3 Å². The van der Waals surface area contributed by atoms with Crippen LogP contribution < -0.4 is 5.32 Å². The molecule has 2 heterocycles. The molecule has 1 N–H and O–H groups in total. The Morgan fingerprint density at radius 2 is 2.06 bits per heavy atom. The van der Waals surface area contributed by atoms with Crippen molar-refractivity contribution in [1.82, 2.24) is 10.2 Å². The molecule has 2 aliphatic heterocycles. The van der Waals surface area contributed by atoms with Crippen LogP contribution in [0.2, 0.25) is 0 Å². The van der Waals surface area contributed by atoms with Crippen molar-refractivity contribution in [1.29, 1.82) is 0 Å². The SMILES string of the molecule is CCSCCN1CCC(C2CCCN2)CC1. The van der Waals surface area contributed by atoms with Crippen LogP contribution in [0.4, 0.5) is 0 Å². The molecule has 1 atom stereocenters. The minimum absolute atomic E-state index is 0.854. The van der Waals surface area contributed by atoms with Gasteiger partial charge in [0.15, 0.2) is 0 Å². The second kappa shape index (κ2) is 6.87. The Morgan fingerprint density at radius 3 is 2.69 bits per heavy atom. The molecule has 0 bridgehead atoms. The summed E-state index contributed by atoms with van der Waals surface area (Å²) < 4.78 is 0. The van der Waals surface area contributed by atoms with Gasteiger partial charge in [-0.05, 0) is 57.0 Å². The van der Waals surface area contributed by atoms with Crippen LogP contribution in [-0.2, 0) is 0 Å². The average Bonchev–Trinajstić information content (AvgIpc) is 2.84. The minimum atomic E-state index is 0.854. The van der Waals surface area contributed by atoms with Gasteiger partial charge in [-0.15, -0.1) is 0 Å². The highest BCUT2D eigenvalue weighted by molar-refractivity contribution is 7.99. The molecule has 94 valence electrons. The molecule has 3 heteroatoms. The lowest BCUT2D eigenvalue weighted by molar-refractivity contribution is 0.171. The van der Waals surface area contributed by atoms with E-state index in [9.17, 15) is 0 Å². The molecule has 0 aliphatic carbocycles. The molecule has 2 aliphatic rings. The van der Waals surface area contributed by atoms with E-state index in [-0.39, 0.29) is 0 Å². The maximum atomic E-state index is 3.67. The molecule has 16 heavy (non-hydrogen) atoms. The molecular formula is C13H26N2S. The van der Waals surface area contributed by atoms with Gasteiger partial charge in [-0.3, -0.25) is 0 Å². The van der Waals surface area contributed by atoms with Gasteiger partial charge in [0.2, 0.25) is 0 Å². The van der Waals surface area contributed by atoms with Crippen LogP contribution in [0.3, 0.4) is 0 Å². The van der Waals surface area contributed by atoms with Crippen LogP contribution in [0.1, 0.15) is 32.6 Å². The molecule has 1 unspecified atom stereocenters. The number of thioether (sulfide) groups is 1. The van der Waals surface area contributed by atoms with Crippen molar-refractivity contribution in [2.24, 2.45) is 5.92 Å². The van der Waals surface area contributed by atoms with E-state index in [1.54, 1.807) is 0 Å². The van der Waals surface area contributed by atoms with Crippen molar-refractivity contribution in [3.63, 3.8) is 0 Å². The number of piperidine rings is 1. The normalized spacial score (nSPS) is 28.7.